The van der Waals surface area contributed by atoms with Crippen LogP contribution in [-0.2, 0) is 19.0 Å². The van der Waals surface area contributed by atoms with Crippen LogP contribution in [0, 0.1) is 0 Å². The van der Waals surface area contributed by atoms with Gasteiger partial charge in [-0.15, -0.1) is 11.3 Å². The second-order valence-electron chi connectivity index (χ2n) is 7.17. The quantitative estimate of drug-likeness (QED) is 0.655. The number of thiophene rings is 1. The van der Waals surface area contributed by atoms with E-state index in [4.69, 9.17) is 0 Å². The van der Waals surface area contributed by atoms with E-state index in [9.17, 15) is 13.2 Å². The molecule has 4 heterocycles. The average molecular weight is 406 g/mol. The molecule has 0 spiro atoms. The molecule has 0 saturated carbocycles. The number of piperazine rings is 1. The number of aryl methyl sites for hydroxylation is 2. The fourth-order valence-corrected chi connectivity index (χ4v) is 5.32. The number of nitrogens with one attached hydrogen (secondary N) is 1. The number of alkyl halides is 3. The number of halogens is 3. The van der Waals surface area contributed by atoms with Crippen molar-refractivity contribution >= 4 is 33.2 Å². The lowest BCUT2D eigenvalue weighted by atomic mass is 10.1. The molecule has 5 rings (SSSR count). The van der Waals surface area contributed by atoms with E-state index >= 15 is 0 Å². The molecule has 1 aliphatic heterocycles. The molecule has 0 amide bonds. The predicted molar refractivity (Wildman–Crippen MR) is 102 cm³/mol. The van der Waals surface area contributed by atoms with Gasteiger partial charge in [0.15, 0.2) is 0 Å². The first-order valence-corrected chi connectivity index (χ1v) is 10.2. The van der Waals surface area contributed by atoms with Gasteiger partial charge >= 0.3 is 6.18 Å². The molecule has 0 unspecified atom stereocenters. The van der Waals surface area contributed by atoms with Gasteiger partial charge in [0.2, 0.25) is 0 Å². The molecule has 28 heavy (non-hydrogen) atoms. The SMILES string of the molecule is FC(F)(F)c1ccc(N2CCN(c3ncnc4sc5c(c34)CCC5)CC2)[nH+]c1. The first kappa shape index (κ1) is 17.7. The normalized spacial score (nSPS) is 17.4. The van der Waals surface area contributed by atoms with Crippen molar-refractivity contribution in [1.29, 1.82) is 0 Å². The summed E-state index contributed by atoms with van der Waals surface area (Å²) >= 11 is 1.78. The second kappa shape index (κ2) is 6.58. The Labute approximate surface area is 163 Å². The molecular weight excluding hydrogens is 387 g/mol. The molecule has 1 N–H and O–H groups in total. The van der Waals surface area contributed by atoms with Gasteiger partial charge in [-0.2, -0.15) is 13.2 Å². The maximum absolute atomic E-state index is 12.7. The summed E-state index contributed by atoms with van der Waals surface area (Å²) < 4.78 is 38.2. The first-order valence-electron chi connectivity index (χ1n) is 9.35. The van der Waals surface area contributed by atoms with Crippen LogP contribution in [0.4, 0.5) is 24.8 Å². The molecular formula is C19H19F3N5S+. The Balaban J connectivity index is 1.35. The Kier molecular flexibility index (Phi) is 4.15. The Hall–Kier alpha value is -2.42. The van der Waals surface area contributed by atoms with E-state index < -0.39 is 11.7 Å². The van der Waals surface area contributed by atoms with E-state index in [0.717, 1.165) is 61.9 Å². The topological polar surface area (TPSA) is 46.4 Å². The summed E-state index contributed by atoms with van der Waals surface area (Å²) in [6.07, 6.45) is 1.77. The monoisotopic (exact) mass is 406 g/mol. The number of aromatic nitrogens is 3. The fourth-order valence-electron chi connectivity index (χ4n) is 4.10. The second-order valence-corrected chi connectivity index (χ2v) is 8.25. The molecule has 1 fully saturated rings. The van der Waals surface area contributed by atoms with Crippen molar-refractivity contribution in [3.63, 3.8) is 0 Å². The van der Waals surface area contributed by atoms with E-state index in [1.807, 2.05) is 0 Å². The minimum Gasteiger partial charge on any atom is -0.348 e. The summed E-state index contributed by atoms with van der Waals surface area (Å²) in [6, 6.07) is 2.63. The van der Waals surface area contributed by atoms with Gasteiger partial charge < -0.3 is 4.90 Å². The third kappa shape index (κ3) is 2.97. The number of rotatable bonds is 2. The lowest BCUT2D eigenvalue weighted by Gasteiger charge is -2.32. The zero-order chi connectivity index (χ0) is 19.3. The number of hydrogen-bond acceptors (Lipinski definition) is 5. The van der Waals surface area contributed by atoms with Crippen LogP contribution in [0.1, 0.15) is 22.4 Å². The number of H-pyrrole nitrogens is 1. The van der Waals surface area contributed by atoms with Crippen molar-refractivity contribution in [1.82, 2.24) is 9.97 Å². The summed E-state index contributed by atoms with van der Waals surface area (Å²) in [5, 5.41) is 1.20. The molecule has 9 heteroatoms. The first-order chi connectivity index (χ1) is 13.5. The predicted octanol–water partition coefficient (Wildman–Crippen LogP) is 3.34. The molecule has 3 aromatic heterocycles. The van der Waals surface area contributed by atoms with Crippen LogP contribution in [-0.4, -0.2) is 36.1 Å². The van der Waals surface area contributed by atoms with Gasteiger partial charge in [-0.05, 0) is 30.9 Å². The van der Waals surface area contributed by atoms with E-state index in [2.05, 4.69) is 24.8 Å². The van der Waals surface area contributed by atoms with Gasteiger partial charge in [0.25, 0.3) is 5.82 Å². The molecule has 0 aromatic carbocycles. The highest BCUT2D eigenvalue weighted by molar-refractivity contribution is 7.19. The summed E-state index contributed by atoms with van der Waals surface area (Å²) in [5.41, 5.74) is 0.749. The largest absolute Gasteiger partial charge is 0.419 e. The van der Waals surface area contributed by atoms with Gasteiger partial charge in [-0.1, -0.05) is 0 Å². The van der Waals surface area contributed by atoms with Crippen molar-refractivity contribution in [2.45, 2.75) is 25.4 Å². The number of nitrogens with zero attached hydrogens (tertiary/aromatic N) is 4. The number of pyridine rings is 1. The maximum atomic E-state index is 12.7. The Morgan fingerprint density at radius 3 is 2.50 bits per heavy atom. The van der Waals surface area contributed by atoms with Gasteiger partial charge in [-0.3, -0.25) is 4.90 Å². The third-order valence-electron chi connectivity index (χ3n) is 5.52. The minimum atomic E-state index is -4.33. The summed E-state index contributed by atoms with van der Waals surface area (Å²) in [6.45, 7) is 2.98. The van der Waals surface area contributed by atoms with E-state index in [0.29, 0.717) is 5.82 Å². The number of aromatic amines is 1. The molecule has 0 bridgehead atoms. The zero-order valence-corrected chi connectivity index (χ0v) is 15.9. The zero-order valence-electron chi connectivity index (χ0n) is 15.1. The molecule has 2 aliphatic rings. The van der Waals surface area contributed by atoms with Crippen molar-refractivity contribution in [2.75, 3.05) is 36.0 Å². The number of hydrogen-bond donors (Lipinski definition) is 0. The van der Waals surface area contributed by atoms with Gasteiger partial charge in [-0.25, -0.2) is 15.0 Å². The molecule has 1 saturated heterocycles. The highest BCUT2D eigenvalue weighted by Crippen LogP contribution is 2.40. The van der Waals surface area contributed by atoms with E-state index in [-0.39, 0.29) is 0 Å². The summed E-state index contributed by atoms with van der Waals surface area (Å²) in [7, 11) is 0. The van der Waals surface area contributed by atoms with Gasteiger partial charge in [0.1, 0.15) is 36.3 Å². The van der Waals surface area contributed by atoms with Crippen LogP contribution >= 0.6 is 11.3 Å². The van der Waals surface area contributed by atoms with Crippen LogP contribution < -0.4 is 14.8 Å². The standard InChI is InChI=1S/C19H18F3N5S/c20-19(21,22)12-4-5-15(23-10-12)26-6-8-27(9-7-26)17-16-13-2-1-3-14(13)28-18(16)25-11-24-17/h4-5,10-11H,1-3,6-9H2/p+1. The summed E-state index contributed by atoms with van der Waals surface area (Å²) in [4.78, 5) is 18.7. The van der Waals surface area contributed by atoms with Crippen molar-refractivity contribution < 1.29 is 18.2 Å². The summed E-state index contributed by atoms with van der Waals surface area (Å²) in [5.74, 6) is 1.71. The fraction of sp³-hybridized carbons (Fsp3) is 0.421. The van der Waals surface area contributed by atoms with Crippen LogP contribution in [0.15, 0.2) is 24.7 Å². The molecule has 3 aromatic rings. The lowest BCUT2D eigenvalue weighted by molar-refractivity contribution is -0.367. The van der Waals surface area contributed by atoms with Crippen molar-refractivity contribution in [3.8, 4) is 0 Å². The molecule has 146 valence electrons. The van der Waals surface area contributed by atoms with Crippen LogP contribution in [0.25, 0.3) is 10.2 Å². The highest BCUT2D eigenvalue weighted by atomic mass is 32.1. The van der Waals surface area contributed by atoms with Crippen LogP contribution in [0.3, 0.4) is 0 Å². The smallest absolute Gasteiger partial charge is 0.348 e. The minimum absolute atomic E-state index is 0.662. The van der Waals surface area contributed by atoms with Gasteiger partial charge in [0, 0.05) is 10.9 Å². The third-order valence-corrected chi connectivity index (χ3v) is 6.72. The number of fused-ring (bicyclic) bond motifs is 3. The van der Waals surface area contributed by atoms with E-state index in [1.54, 1.807) is 17.7 Å². The molecule has 0 radical (unpaired) electrons. The molecule has 1 aliphatic carbocycles. The van der Waals surface area contributed by atoms with Gasteiger partial charge in [0.05, 0.1) is 24.0 Å². The van der Waals surface area contributed by atoms with Crippen molar-refractivity contribution in [2.24, 2.45) is 0 Å². The van der Waals surface area contributed by atoms with E-state index in [1.165, 1.54) is 28.3 Å². The average Bonchev–Trinajstić information content (AvgIpc) is 3.28. The van der Waals surface area contributed by atoms with Crippen molar-refractivity contribution in [3.05, 3.63) is 40.7 Å². The lowest BCUT2D eigenvalue weighted by Crippen LogP contribution is -2.48. The highest BCUT2D eigenvalue weighted by Gasteiger charge is 2.33. The Morgan fingerprint density at radius 2 is 1.79 bits per heavy atom. The Morgan fingerprint density at radius 1 is 1.00 bits per heavy atom. The van der Waals surface area contributed by atoms with Crippen LogP contribution in [0.5, 0.6) is 0 Å². The number of anilines is 2. The Bertz CT molecular complexity index is 1010. The maximum Gasteiger partial charge on any atom is 0.419 e. The molecule has 5 nitrogen and oxygen atoms in total. The van der Waals surface area contributed by atoms with Crippen LogP contribution in [0.2, 0.25) is 0 Å². The molecule has 0 atom stereocenters.